The number of rotatable bonds is 7. The van der Waals surface area contributed by atoms with Gasteiger partial charge in [0.15, 0.2) is 0 Å². The Bertz CT molecular complexity index is 372. The monoisotopic (exact) mass is 331 g/mol. The first kappa shape index (κ1) is 19.2. The van der Waals surface area contributed by atoms with E-state index in [1.807, 2.05) is 18.7 Å². The van der Waals surface area contributed by atoms with Crippen LogP contribution in [-0.4, -0.2) is 49.4 Å². The maximum Gasteiger partial charge on any atom is 0.236 e. The second-order valence-corrected chi connectivity index (χ2v) is 6.82. The van der Waals surface area contributed by atoms with E-state index in [9.17, 15) is 9.59 Å². The molecule has 1 aliphatic carbocycles. The van der Waals surface area contributed by atoms with E-state index in [1.165, 1.54) is 12.8 Å². The summed E-state index contributed by atoms with van der Waals surface area (Å²) >= 11 is 0. The first-order valence-electron chi connectivity index (χ1n) is 8.32. The average molecular weight is 332 g/mol. The number of likely N-dealkylation sites (tertiary alicyclic amines) is 1. The highest BCUT2D eigenvalue weighted by atomic mass is 35.5. The summed E-state index contributed by atoms with van der Waals surface area (Å²) < 4.78 is 0. The minimum Gasteiger partial charge on any atom is -0.356 e. The SMILES string of the molecule is CC(C)C(=O)NCC1CCCN(C(=O)CNCC2CC2)C1.Cl. The Morgan fingerprint density at radius 3 is 2.50 bits per heavy atom. The molecule has 22 heavy (non-hydrogen) atoms. The van der Waals surface area contributed by atoms with Gasteiger partial charge in [-0.05, 0) is 44.1 Å². The van der Waals surface area contributed by atoms with E-state index in [0.29, 0.717) is 19.0 Å². The Morgan fingerprint density at radius 1 is 1.14 bits per heavy atom. The fourth-order valence-corrected chi connectivity index (χ4v) is 2.72. The minimum absolute atomic E-state index is 0. The molecular formula is C16H30ClN3O2. The number of nitrogens with one attached hydrogen (secondary N) is 2. The van der Waals surface area contributed by atoms with Crippen LogP contribution in [0.15, 0.2) is 0 Å². The van der Waals surface area contributed by atoms with E-state index in [2.05, 4.69) is 10.6 Å². The van der Waals surface area contributed by atoms with Crippen LogP contribution < -0.4 is 10.6 Å². The molecule has 1 aliphatic heterocycles. The standard InChI is InChI=1S/C16H29N3O2.ClH/c1-12(2)16(21)18-9-14-4-3-7-19(11-14)15(20)10-17-8-13-5-6-13;/h12-14,17H,3-11H2,1-2H3,(H,18,21);1H. The maximum absolute atomic E-state index is 12.2. The fourth-order valence-electron chi connectivity index (χ4n) is 2.72. The first-order valence-corrected chi connectivity index (χ1v) is 8.32. The van der Waals surface area contributed by atoms with Gasteiger partial charge in [0.1, 0.15) is 0 Å². The largest absolute Gasteiger partial charge is 0.356 e. The van der Waals surface area contributed by atoms with Crippen LogP contribution >= 0.6 is 12.4 Å². The second kappa shape index (κ2) is 9.36. The summed E-state index contributed by atoms with van der Waals surface area (Å²) in [6.45, 7) is 7.57. The van der Waals surface area contributed by atoms with Gasteiger partial charge < -0.3 is 15.5 Å². The summed E-state index contributed by atoms with van der Waals surface area (Å²) in [6.07, 6.45) is 4.75. The van der Waals surface area contributed by atoms with Crippen molar-refractivity contribution in [2.75, 3.05) is 32.7 Å². The number of carbonyl (C=O) groups excluding carboxylic acids is 2. The van der Waals surface area contributed by atoms with Crippen molar-refractivity contribution < 1.29 is 9.59 Å². The number of hydrogen-bond acceptors (Lipinski definition) is 3. The molecule has 5 nitrogen and oxygen atoms in total. The van der Waals surface area contributed by atoms with Gasteiger partial charge in [-0.25, -0.2) is 0 Å². The van der Waals surface area contributed by atoms with Crippen LogP contribution in [0.4, 0.5) is 0 Å². The maximum atomic E-state index is 12.2. The van der Waals surface area contributed by atoms with Crippen molar-refractivity contribution >= 4 is 24.2 Å². The highest BCUT2D eigenvalue weighted by Crippen LogP contribution is 2.27. The van der Waals surface area contributed by atoms with E-state index >= 15 is 0 Å². The average Bonchev–Trinajstić information content (AvgIpc) is 3.29. The van der Waals surface area contributed by atoms with Crippen LogP contribution in [0.5, 0.6) is 0 Å². The van der Waals surface area contributed by atoms with Gasteiger partial charge in [-0.2, -0.15) is 0 Å². The highest BCUT2D eigenvalue weighted by Gasteiger charge is 2.25. The van der Waals surface area contributed by atoms with Crippen LogP contribution in [0, 0.1) is 17.8 Å². The Kier molecular flexibility index (Phi) is 8.18. The number of halogens is 1. The van der Waals surface area contributed by atoms with Crippen LogP contribution in [0.3, 0.4) is 0 Å². The van der Waals surface area contributed by atoms with E-state index in [0.717, 1.165) is 38.4 Å². The van der Waals surface area contributed by atoms with Crippen LogP contribution in [0.1, 0.15) is 39.5 Å². The molecule has 2 fully saturated rings. The van der Waals surface area contributed by atoms with E-state index in [-0.39, 0.29) is 30.1 Å². The fraction of sp³-hybridized carbons (Fsp3) is 0.875. The molecule has 0 aromatic heterocycles. The quantitative estimate of drug-likeness (QED) is 0.741. The van der Waals surface area contributed by atoms with Gasteiger partial charge in [0, 0.05) is 25.6 Å². The van der Waals surface area contributed by atoms with Gasteiger partial charge in [0.25, 0.3) is 0 Å². The van der Waals surface area contributed by atoms with Crippen molar-refractivity contribution in [2.45, 2.75) is 39.5 Å². The normalized spacial score (nSPS) is 21.4. The Hall–Kier alpha value is -0.810. The van der Waals surface area contributed by atoms with Gasteiger partial charge in [0.05, 0.1) is 6.54 Å². The lowest BCUT2D eigenvalue weighted by molar-refractivity contribution is -0.132. The van der Waals surface area contributed by atoms with Crippen molar-refractivity contribution in [1.82, 2.24) is 15.5 Å². The Morgan fingerprint density at radius 2 is 1.86 bits per heavy atom. The van der Waals surface area contributed by atoms with E-state index in [1.54, 1.807) is 0 Å². The summed E-state index contributed by atoms with van der Waals surface area (Å²) in [6, 6.07) is 0. The predicted octanol–water partition coefficient (Wildman–Crippen LogP) is 1.42. The van der Waals surface area contributed by atoms with E-state index in [4.69, 9.17) is 0 Å². The van der Waals surface area contributed by atoms with Gasteiger partial charge in [-0.15, -0.1) is 12.4 Å². The topological polar surface area (TPSA) is 61.4 Å². The van der Waals surface area contributed by atoms with Crippen molar-refractivity contribution in [1.29, 1.82) is 0 Å². The molecule has 0 bridgehead atoms. The predicted molar refractivity (Wildman–Crippen MR) is 90.0 cm³/mol. The van der Waals surface area contributed by atoms with Crippen molar-refractivity contribution in [3.63, 3.8) is 0 Å². The number of carbonyl (C=O) groups is 2. The highest BCUT2D eigenvalue weighted by molar-refractivity contribution is 5.85. The summed E-state index contributed by atoms with van der Waals surface area (Å²) in [5.41, 5.74) is 0. The smallest absolute Gasteiger partial charge is 0.236 e. The van der Waals surface area contributed by atoms with Crippen LogP contribution in [0.2, 0.25) is 0 Å². The molecule has 6 heteroatoms. The zero-order valence-corrected chi connectivity index (χ0v) is 14.6. The Balaban J connectivity index is 0.00000242. The molecule has 2 N–H and O–H groups in total. The molecule has 1 heterocycles. The number of piperidine rings is 1. The summed E-state index contributed by atoms with van der Waals surface area (Å²) in [5.74, 6) is 1.53. The van der Waals surface area contributed by atoms with Crippen molar-refractivity contribution in [3.05, 3.63) is 0 Å². The summed E-state index contributed by atoms with van der Waals surface area (Å²) in [7, 11) is 0. The lowest BCUT2D eigenvalue weighted by atomic mass is 9.97. The van der Waals surface area contributed by atoms with Gasteiger partial charge in [-0.3, -0.25) is 9.59 Å². The van der Waals surface area contributed by atoms with E-state index < -0.39 is 0 Å². The third-order valence-electron chi connectivity index (χ3n) is 4.37. The van der Waals surface area contributed by atoms with Crippen molar-refractivity contribution in [2.24, 2.45) is 17.8 Å². The number of nitrogens with zero attached hydrogens (tertiary/aromatic N) is 1. The Labute approximate surface area is 140 Å². The molecule has 0 radical (unpaired) electrons. The second-order valence-electron chi connectivity index (χ2n) is 6.82. The third kappa shape index (κ3) is 6.53. The van der Waals surface area contributed by atoms with Crippen molar-refractivity contribution in [3.8, 4) is 0 Å². The molecule has 1 saturated carbocycles. The van der Waals surface area contributed by atoms with Gasteiger partial charge in [0.2, 0.25) is 11.8 Å². The lowest BCUT2D eigenvalue weighted by Gasteiger charge is -2.33. The molecule has 1 saturated heterocycles. The van der Waals surface area contributed by atoms with Gasteiger partial charge in [-0.1, -0.05) is 13.8 Å². The molecular weight excluding hydrogens is 302 g/mol. The minimum atomic E-state index is 0. The molecule has 0 aromatic rings. The third-order valence-corrected chi connectivity index (χ3v) is 4.37. The number of amides is 2. The molecule has 2 aliphatic rings. The summed E-state index contributed by atoms with van der Waals surface area (Å²) in [4.78, 5) is 25.7. The molecule has 0 spiro atoms. The van der Waals surface area contributed by atoms with Crippen LogP contribution in [-0.2, 0) is 9.59 Å². The molecule has 0 aromatic carbocycles. The molecule has 2 rings (SSSR count). The molecule has 1 unspecified atom stereocenters. The summed E-state index contributed by atoms with van der Waals surface area (Å²) in [5, 5.41) is 6.25. The molecule has 2 amide bonds. The zero-order valence-electron chi connectivity index (χ0n) is 13.8. The molecule has 1 atom stereocenters. The number of hydrogen-bond donors (Lipinski definition) is 2. The van der Waals surface area contributed by atoms with Crippen LogP contribution in [0.25, 0.3) is 0 Å². The molecule has 128 valence electrons. The first-order chi connectivity index (χ1) is 10.1. The lowest BCUT2D eigenvalue weighted by Crippen LogP contribution is -2.47. The van der Waals surface area contributed by atoms with Gasteiger partial charge >= 0.3 is 0 Å². The zero-order chi connectivity index (χ0) is 15.2.